The summed E-state index contributed by atoms with van der Waals surface area (Å²) in [7, 11) is 0. The first-order chi connectivity index (χ1) is 8.86. The number of ether oxygens (including phenoxy) is 1. The zero-order valence-electron chi connectivity index (χ0n) is 11.4. The maximum Gasteiger partial charge on any atom is 0.119 e. The fraction of sp³-hybridized carbons (Fsp3) is 0.600. The van der Waals surface area contributed by atoms with Crippen LogP contribution >= 0.6 is 0 Å². The van der Waals surface area contributed by atoms with Gasteiger partial charge in [0.15, 0.2) is 0 Å². The Bertz CT molecular complexity index is 290. The maximum atomic E-state index is 5.67. The van der Waals surface area contributed by atoms with Crippen LogP contribution < -0.4 is 16.0 Å². The van der Waals surface area contributed by atoms with Gasteiger partial charge in [-0.2, -0.15) is 0 Å². The van der Waals surface area contributed by atoms with Crippen molar-refractivity contribution in [2.75, 3.05) is 6.61 Å². The van der Waals surface area contributed by atoms with Crippen LogP contribution in [0.15, 0.2) is 30.3 Å². The Kier molecular flexibility index (Phi) is 8.26. The van der Waals surface area contributed by atoms with E-state index < -0.39 is 0 Å². The molecule has 0 saturated heterocycles. The number of nitrogens with one attached hydrogen (secondary N) is 1. The van der Waals surface area contributed by atoms with E-state index in [4.69, 9.17) is 10.6 Å². The Balaban J connectivity index is 2.11. The Morgan fingerprint density at radius 1 is 1.11 bits per heavy atom. The fourth-order valence-electron chi connectivity index (χ4n) is 1.96. The zero-order chi connectivity index (χ0) is 13.1. The van der Waals surface area contributed by atoms with Crippen molar-refractivity contribution in [3.8, 4) is 5.75 Å². The third-order valence-corrected chi connectivity index (χ3v) is 3.12. The molecular formula is C15H26N2O. The van der Waals surface area contributed by atoms with Gasteiger partial charge in [-0.25, -0.2) is 0 Å². The van der Waals surface area contributed by atoms with E-state index >= 15 is 0 Å². The molecule has 102 valence electrons. The summed E-state index contributed by atoms with van der Waals surface area (Å²) in [6, 6.07) is 10.3. The van der Waals surface area contributed by atoms with Crippen LogP contribution in [0.25, 0.3) is 0 Å². The molecule has 0 aliphatic rings. The first-order valence-electron chi connectivity index (χ1n) is 7.00. The normalized spacial score (nSPS) is 12.3. The van der Waals surface area contributed by atoms with Gasteiger partial charge in [-0.15, -0.1) is 0 Å². The molecule has 0 radical (unpaired) electrons. The largest absolute Gasteiger partial charge is 0.494 e. The Hall–Kier alpha value is -1.06. The lowest BCUT2D eigenvalue weighted by atomic mass is 10.1. The lowest BCUT2D eigenvalue weighted by Gasteiger charge is -2.16. The predicted octanol–water partition coefficient (Wildman–Crippen LogP) is 3.26. The third-order valence-electron chi connectivity index (χ3n) is 3.12. The maximum absolute atomic E-state index is 5.67. The van der Waals surface area contributed by atoms with Crippen molar-refractivity contribution < 1.29 is 4.74 Å². The van der Waals surface area contributed by atoms with Gasteiger partial charge in [-0.3, -0.25) is 11.3 Å². The molecule has 0 bridgehead atoms. The SMILES string of the molecule is CCCCCCC(CCOc1ccccc1)NN. The number of nitrogens with two attached hydrogens (primary N) is 1. The minimum Gasteiger partial charge on any atom is -0.494 e. The van der Waals surface area contributed by atoms with Crippen LogP contribution in [0.2, 0.25) is 0 Å². The van der Waals surface area contributed by atoms with Crippen LogP contribution in [-0.2, 0) is 0 Å². The molecule has 1 unspecified atom stereocenters. The monoisotopic (exact) mass is 250 g/mol. The molecule has 0 heterocycles. The molecule has 1 atom stereocenters. The van der Waals surface area contributed by atoms with Gasteiger partial charge in [0.05, 0.1) is 6.61 Å². The highest BCUT2D eigenvalue weighted by Crippen LogP contribution is 2.11. The average Bonchev–Trinajstić information content (AvgIpc) is 2.42. The van der Waals surface area contributed by atoms with Crippen LogP contribution in [0, 0.1) is 0 Å². The number of hydrazine groups is 1. The summed E-state index contributed by atoms with van der Waals surface area (Å²) in [5.41, 5.74) is 2.89. The minimum atomic E-state index is 0.366. The number of unbranched alkanes of at least 4 members (excludes halogenated alkanes) is 3. The fourth-order valence-corrected chi connectivity index (χ4v) is 1.96. The summed E-state index contributed by atoms with van der Waals surface area (Å²) in [5, 5.41) is 0. The minimum absolute atomic E-state index is 0.366. The van der Waals surface area contributed by atoms with E-state index in [2.05, 4.69) is 12.3 Å². The van der Waals surface area contributed by atoms with Crippen LogP contribution in [0.3, 0.4) is 0 Å². The molecule has 0 aromatic heterocycles. The molecular weight excluding hydrogens is 224 g/mol. The van der Waals surface area contributed by atoms with E-state index in [0.717, 1.165) is 18.6 Å². The van der Waals surface area contributed by atoms with Gasteiger partial charge in [0, 0.05) is 6.04 Å². The third kappa shape index (κ3) is 6.62. The molecule has 1 aromatic carbocycles. The summed E-state index contributed by atoms with van der Waals surface area (Å²) in [4.78, 5) is 0. The quantitative estimate of drug-likeness (QED) is 0.381. The van der Waals surface area contributed by atoms with Crippen molar-refractivity contribution >= 4 is 0 Å². The van der Waals surface area contributed by atoms with E-state index in [1.807, 2.05) is 30.3 Å². The summed E-state index contributed by atoms with van der Waals surface area (Å²) in [6.45, 7) is 2.94. The van der Waals surface area contributed by atoms with Crippen molar-refractivity contribution in [3.05, 3.63) is 30.3 Å². The van der Waals surface area contributed by atoms with Crippen LogP contribution in [-0.4, -0.2) is 12.6 Å². The molecule has 0 aliphatic carbocycles. The second kappa shape index (κ2) is 9.92. The number of benzene rings is 1. The number of hydrogen-bond acceptors (Lipinski definition) is 3. The molecule has 3 heteroatoms. The Labute approximate surface area is 111 Å². The number of rotatable bonds is 10. The van der Waals surface area contributed by atoms with Gasteiger partial charge >= 0.3 is 0 Å². The lowest BCUT2D eigenvalue weighted by Crippen LogP contribution is -2.36. The lowest BCUT2D eigenvalue weighted by molar-refractivity contribution is 0.279. The standard InChI is InChI=1S/C15H26N2O/c1-2-3-4-6-9-14(17-16)12-13-18-15-10-7-5-8-11-15/h5,7-8,10-11,14,17H,2-4,6,9,12-13,16H2,1H3. The highest BCUT2D eigenvalue weighted by atomic mass is 16.5. The Morgan fingerprint density at radius 3 is 2.56 bits per heavy atom. The smallest absolute Gasteiger partial charge is 0.119 e. The molecule has 0 fully saturated rings. The van der Waals surface area contributed by atoms with Gasteiger partial charge < -0.3 is 4.74 Å². The molecule has 0 amide bonds. The van der Waals surface area contributed by atoms with Gasteiger partial charge in [0.25, 0.3) is 0 Å². The molecule has 0 spiro atoms. The van der Waals surface area contributed by atoms with Gasteiger partial charge in [0.2, 0.25) is 0 Å². The van der Waals surface area contributed by atoms with E-state index in [-0.39, 0.29) is 0 Å². The van der Waals surface area contributed by atoms with Gasteiger partial charge in [-0.05, 0) is 25.0 Å². The van der Waals surface area contributed by atoms with Gasteiger partial charge in [-0.1, -0.05) is 50.8 Å². The molecule has 18 heavy (non-hydrogen) atoms. The molecule has 1 rings (SSSR count). The van der Waals surface area contributed by atoms with Crippen molar-refractivity contribution in [1.82, 2.24) is 5.43 Å². The van der Waals surface area contributed by atoms with Crippen LogP contribution in [0.4, 0.5) is 0 Å². The van der Waals surface area contributed by atoms with Crippen LogP contribution in [0.1, 0.15) is 45.4 Å². The van der Waals surface area contributed by atoms with E-state index in [1.165, 1.54) is 25.7 Å². The van der Waals surface area contributed by atoms with E-state index in [9.17, 15) is 0 Å². The van der Waals surface area contributed by atoms with Crippen molar-refractivity contribution in [3.63, 3.8) is 0 Å². The Morgan fingerprint density at radius 2 is 1.89 bits per heavy atom. The van der Waals surface area contributed by atoms with Crippen molar-refractivity contribution in [2.45, 2.75) is 51.5 Å². The first kappa shape index (κ1) is 15.0. The number of hydrogen-bond donors (Lipinski definition) is 2. The van der Waals surface area contributed by atoms with Crippen molar-refractivity contribution in [2.24, 2.45) is 5.84 Å². The van der Waals surface area contributed by atoms with E-state index in [0.29, 0.717) is 12.6 Å². The molecule has 3 nitrogen and oxygen atoms in total. The summed E-state index contributed by atoms with van der Waals surface area (Å²) in [5.74, 6) is 6.49. The topological polar surface area (TPSA) is 47.3 Å². The molecule has 0 aliphatic heterocycles. The zero-order valence-corrected chi connectivity index (χ0v) is 11.4. The second-order valence-corrected chi connectivity index (χ2v) is 4.66. The average molecular weight is 250 g/mol. The molecule has 0 saturated carbocycles. The molecule has 3 N–H and O–H groups in total. The van der Waals surface area contributed by atoms with Crippen LogP contribution in [0.5, 0.6) is 5.75 Å². The number of para-hydroxylation sites is 1. The molecule has 1 aromatic rings. The summed E-state index contributed by atoms with van der Waals surface area (Å²) in [6.07, 6.45) is 7.23. The second-order valence-electron chi connectivity index (χ2n) is 4.66. The summed E-state index contributed by atoms with van der Waals surface area (Å²) < 4.78 is 5.67. The predicted molar refractivity (Wildman–Crippen MR) is 76.4 cm³/mol. The highest BCUT2D eigenvalue weighted by molar-refractivity contribution is 5.20. The highest BCUT2D eigenvalue weighted by Gasteiger charge is 2.06. The summed E-state index contributed by atoms with van der Waals surface area (Å²) >= 11 is 0. The van der Waals surface area contributed by atoms with E-state index in [1.54, 1.807) is 0 Å². The first-order valence-corrected chi connectivity index (χ1v) is 7.00. The van der Waals surface area contributed by atoms with Crippen molar-refractivity contribution in [1.29, 1.82) is 0 Å². The van der Waals surface area contributed by atoms with Gasteiger partial charge in [0.1, 0.15) is 5.75 Å².